The summed E-state index contributed by atoms with van der Waals surface area (Å²) in [7, 11) is 0. The first-order chi connectivity index (χ1) is 10.7. The van der Waals surface area contributed by atoms with Crippen LogP contribution >= 0.6 is 0 Å². The second-order valence-corrected chi connectivity index (χ2v) is 5.59. The average molecular weight is 299 g/mol. The van der Waals surface area contributed by atoms with Gasteiger partial charge < -0.3 is 15.2 Å². The number of ether oxygens (including phenoxy) is 1. The van der Waals surface area contributed by atoms with Crippen LogP contribution in [0, 0.1) is 6.92 Å². The van der Waals surface area contributed by atoms with Crippen molar-refractivity contribution in [1.29, 1.82) is 0 Å². The first-order valence-electron chi connectivity index (χ1n) is 7.82. The van der Waals surface area contributed by atoms with Gasteiger partial charge in [0.1, 0.15) is 12.4 Å². The highest BCUT2D eigenvalue weighted by Crippen LogP contribution is 2.14. The Balaban J connectivity index is 1.82. The van der Waals surface area contributed by atoms with Crippen LogP contribution in [-0.2, 0) is 13.2 Å². The summed E-state index contributed by atoms with van der Waals surface area (Å²) >= 11 is 0. The van der Waals surface area contributed by atoms with Crippen molar-refractivity contribution in [3.8, 4) is 5.75 Å². The van der Waals surface area contributed by atoms with Gasteiger partial charge in [-0.1, -0.05) is 48.9 Å². The number of hydrogen-bond acceptors (Lipinski definition) is 3. The predicted octanol–water partition coefficient (Wildman–Crippen LogP) is 3.43. The van der Waals surface area contributed by atoms with E-state index in [9.17, 15) is 0 Å². The first-order valence-corrected chi connectivity index (χ1v) is 7.82. The van der Waals surface area contributed by atoms with Crippen molar-refractivity contribution in [1.82, 2.24) is 5.32 Å². The van der Waals surface area contributed by atoms with E-state index in [1.54, 1.807) is 0 Å². The van der Waals surface area contributed by atoms with Crippen LogP contribution < -0.4 is 10.1 Å². The van der Waals surface area contributed by atoms with E-state index in [1.165, 1.54) is 16.7 Å². The van der Waals surface area contributed by atoms with E-state index < -0.39 is 0 Å². The van der Waals surface area contributed by atoms with Gasteiger partial charge in [-0.05, 0) is 36.6 Å². The van der Waals surface area contributed by atoms with E-state index in [0.717, 1.165) is 18.7 Å². The summed E-state index contributed by atoms with van der Waals surface area (Å²) in [4.78, 5) is 0. The van der Waals surface area contributed by atoms with Crippen molar-refractivity contribution < 1.29 is 9.84 Å². The molecule has 0 amide bonds. The van der Waals surface area contributed by atoms with Gasteiger partial charge in [-0.3, -0.25) is 0 Å². The fraction of sp³-hybridized carbons (Fsp3) is 0.368. The molecule has 22 heavy (non-hydrogen) atoms. The molecule has 3 nitrogen and oxygen atoms in total. The molecule has 2 rings (SSSR count). The molecule has 0 heterocycles. The lowest BCUT2D eigenvalue weighted by molar-refractivity contribution is 0.238. The Bertz CT molecular complexity index is 545. The Morgan fingerprint density at radius 2 is 1.64 bits per heavy atom. The largest absolute Gasteiger partial charge is 0.489 e. The van der Waals surface area contributed by atoms with Crippen LogP contribution in [0.1, 0.15) is 30.0 Å². The number of rotatable bonds is 8. The molecule has 0 aliphatic heterocycles. The highest BCUT2D eigenvalue weighted by molar-refractivity contribution is 5.28. The molecule has 2 aromatic carbocycles. The number of aliphatic hydroxyl groups is 1. The minimum atomic E-state index is 0.164. The van der Waals surface area contributed by atoms with Crippen molar-refractivity contribution in [3.05, 3.63) is 65.2 Å². The molecule has 0 saturated carbocycles. The lowest BCUT2D eigenvalue weighted by Crippen LogP contribution is -2.31. The van der Waals surface area contributed by atoms with Crippen LogP contribution in [0.2, 0.25) is 0 Å². The Morgan fingerprint density at radius 1 is 1.00 bits per heavy atom. The SMILES string of the molecule is CCC(CO)NCc1ccc(OCc2ccc(C)cc2)cc1. The molecule has 3 heteroatoms. The van der Waals surface area contributed by atoms with Gasteiger partial charge in [-0.25, -0.2) is 0 Å². The minimum Gasteiger partial charge on any atom is -0.489 e. The maximum atomic E-state index is 9.16. The van der Waals surface area contributed by atoms with E-state index >= 15 is 0 Å². The van der Waals surface area contributed by atoms with Crippen molar-refractivity contribution in [2.24, 2.45) is 0 Å². The maximum Gasteiger partial charge on any atom is 0.119 e. The topological polar surface area (TPSA) is 41.5 Å². The molecule has 2 N–H and O–H groups in total. The van der Waals surface area contributed by atoms with Crippen molar-refractivity contribution >= 4 is 0 Å². The molecule has 0 bridgehead atoms. The van der Waals surface area contributed by atoms with Crippen molar-refractivity contribution in [2.45, 2.75) is 39.5 Å². The summed E-state index contributed by atoms with van der Waals surface area (Å²) in [6, 6.07) is 16.6. The Hall–Kier alpha value is -1.84. The Labute approximate surface area is 133 Å². The molecule has 1 unspecified atom stereocenters. The Morgan fingerprint density at radius 3 is 2.23 bits per heavy atom. The molecule has 2 aromatic rings. The molecule has 0 aromatic heterocycles. The predicted molar refractivity (Wildman–Crippen MR) is 90.0 cm³/mol. The van der Waals surface area contributed by atoms with Gasteiger partial charge in [0, 0.05) is 12.6 Å². The molecular formula is C19H25NO2. The molecule has 118 valence electrons. The molecule has 1 atom stereocenters. The van der Waals surface area contributed by atoms with Gasteiger partial charge >= 0.3 is 0 Å². The van der Waals surface area contributed by atoms with Crippen molar-refractivity contribution in [2.75, 3.05) is 6.61 Å². The fourth-order valence-corrected chi connectivity index (χ4v) is 2.15. The lowest BCUT2D eigenvalue weighted by atomic mass is 10.1. The summed E-state index contributed by atoms with van der Waals surface area (Å²) in [5.74, 6) is 0.874. The third-order valence-electron chi connectivity index (χ3n) is 3.76. The van der Waals surface area contributed by atoms with Gasteiger partial charge in [0.05, 0.1) is 6.61 Å². The third kappa shape index (κ3) is 5.17. The highest BCUT2D eigenvalue weighted by Gasteiger charge is 2.03. The molecule has 0 aliphatic rings. The van der Waals surface area contributed by atoms with Crippen molar-refractivity contribution in [3.63, 3.8) is 0 Å². The van der Waals surface area contributed by atoms with Crippen LogP contribution in [0.5, 0.6) is 5.75 Å². The maximum absolute atomic E-state index is 9.16. The quantitative estimate of drug-likeness (QED) is 0.784. The third-order valence-corrected chi connectivity index (χ3v) is 3.76. The summed E-state index contributed by atoms with van der Waals surface area (Å²) in [6.07, 6.45) is 0.925. The van der Waals surface area contributed by atoms with E-state index in [4.69, 9.17) is 9.84 Å². The average Bonchev–Trinajstić information content (AvgIpc) is 2.56. The molecule has 0 aliphatic carbocycles. The smallest absolute Gasteiger partial charge is 0.119 e. The van der Waals surface area contributed by atoms with Gasteiger partial charge in [-0.2, -0.15) is 0 Å². The zero-order valence-corrected chi connectivity index (χ0v) is 13.4. The first kappa shape index (κ1) is 16.5. The standard InChI is InChI=1S/C19H25NO2/c1-3-18(13-21)20-12-16-8-10-19(11-9-16)22-14-17-6-4-15(2)5-7-17/h4-11,18,20-21H,3,12-14H2,1-2H3. The van der Waals surface area contributed by atoms with Gasteiger partial charge in [0.2, 0.25) is 0 Å². The van der Waals surface area contributed by atoms with Crippen LogP contribution in [0.4, 0.5) is 0 Å². The molecule has 0 radical (unpaired) electrons. The second-order valence-electron chi connectivity index (χ2n) is 5.59. The second kappa shape index (κ2) is 8.57. The number of aryl methyl sites for hydroxylation is 1. The normalized spacial score (nSPS) is 12.1. The molecular weight excluding hydrogens is 274 g/mol. The number of benzene rings is 2. The minimum absolute atomic E-state index is 0.164. The summed E-state index contributed by atoms with van der Waals surface area (Å²) in [5.41, 5.74) is 3.62. The van der Waals surface area contributed by atoms with Crippen LogP contribution in [0.15, 0.2) is 48.5 Å². The van der Waals surface area contributed by atoms with Crippen LogP contribution in [-0.4, -0.2) is 17.8 Å². The van der Waals surface area contributed by atoms with E-state index in [0.29, 0.717) is 6.61 Å². The molecule has 0 saturated heterocycles. The van der Waals surface area contributed by atoms with E-state index in [-0.39, 0.29) is 12.6 Å². The molecule has 0 spiro atoms. The summed E-state index contributed by atoms with van der Waals surface area (Å²) in [6.45, 7) is 5.67. The van der Waals surface area contributed by atoms with Gasteiger partial charge in [0.25, 0.3) is 0 Å². The number of hydrogen-bond donors (Lipinski definition) is 2. The zero-order chi connectivity index (χ0) is 15.8. The summed E-state index contributed by atoms with van der Waals surface area (Å²) < 4.78 is 5.79. The number of aliphatic hydroxyl groups excluding tert-OH is 1. The fourth-order valence-electron chi connectivity index (χ4n) is 2.15. The van der Waals surface area contributed by atoms with Crippen LogP contribution in [0.3, 0.4) is 0 Å². The molecule has 0 fully saturated rings. The number of nitrogens with one attached hydrogen (secondary N) is 1. The van der Waals surface area contributed by atoms with Gasteiger partial charge in [-0.15, -0.1) is 0 Å². The summed E-state index contributed by atoms with van der Waals surface area (Å²) in [5, 5.41) is 12.5. The monoisotopic (exact) mass is 299 g/mol. The lowest BCUT2D eigenvalue weighted by Gasteiger charge is -2.14. The van der Waals surface area contributed by atoms with Crippen LogP contribution in [0.25, 0.3) is 0 Å². The van der Waals surface area contributed by atoms with Gasteiger partial charge in [0.15, 0.2) is 0 Å². The zero-order valence-electron chi connectivity index (χ0n) is 13.4. The van der Waals surface area contributed by atoms with E-state index in [1.807, 2.05) is 12.1 Å². The Kier molecular flexibility index (Phi) is 6.44. The van der Waals surface area contributed by atoms with E-state index in [2.05, 4.69) is 55.6 Å². The highest BCUT2D eigenvalue weighted by atomic mass is 16.5.